The summed E-state index contributed by atoms with van der Waals surface area (Å²) in [4.78, 5) is 3.95. The minimum absolute atomic E-state index is 0.356. The third kappa shape index (κ3) is 2.71. The Hall–Kier alpha value is -1.60. The quantitative estimate of drug-likeness (QED) is 0.775. The first-order valence-electron chi connectivity index (χ1n) is 5.46. The number of aromatic nitrogens is 1. The highest BCUT2D eigenvalue weighted by atomic mass is 16.5. The predicted molar refractivity (Wildman–Crippen MR) is 58.0 cm³/mol. The molecule has 0 bridgehead atoms. The number of nitrogens with zero attached hydrogens (tertiary/aromatic N) is 2. The van der Waals surface area contributed by atoms with Gasteiger partial charge in [0, 0.05) is 19.4 Å². The first-order chi connectivity index (χ1) is 7.90. The average molecular weight is 218 g/mol. The lowest BCUT2D eigenvalue weighted by molar-refractivity contribution is 0.0496. The van der Waals surface area contributed by atoms with Gasteiger partial charge in [-0.3, -0.25) is 0 Å². The Morgan fingerprint density at radius 2 is 2.31 bits per heavy atom. The van der Waals surface area contributed by atoms with Crippen LogP contribution >= 0.6 is 0 Å². The van der Waals surface area contributed by atoms with E-state index < -0.39 is 0 Å². The lowest BCUT2D eigenvalue weighted by Gasteiger charge is -2.22. The number of nitriles is 1. The van der Waals surface area contributed by atoms with Crippen molar-refractivity contribution in [2.45, 2.75) is 12.8 Å². The molecule has 0 spiro atoms. The van der Waals surface area contributed by atoms with E-state index in [9.17, 15) is 0 Å². The number of ether oxygens (including phenoxy) is 2. The Morgan fingerprint density at radius 1 is 1.50 bits per heavy atom. The molecule has 0 amide bonds. The summed E-state index contributed by atoms with van der Waals surface area (Å²) in [6, 6.07) is 5.58. The van der Waals surface area contributed by atoms with Crippen LogP contribution in [-0.2, 0) is 4.74 Å². The number of hydrogen-bond acceptors (Lipinski definition) is 4. The first-order valence-corrected chi connectivity index (χ1v) is 5.46. The molecule has 0 atom stereocenters. The predicted octanol–water partition coefficient (Wildman–Crippen LogP) is 1.76. The van der Waals surface area contributed by atoms with Crippen molar-refractivity contribution in [3.05, 3.63) is 24.0 Å². The Kier molecular flexibility index (Phi) is 3.73. The van der Waals surface area contributed by atoms with Gasteiger partial charge in [0.05, 0.1) is 6.61 Å². The highest BCUT2D eigenvalue weighted by Gasteiger charge is 2.15. The van der Waals surface area contributed by atoms with Crippen molar-refractivity contribution < 1.29 is 9.47 Å². The molecule has 1 aliphatic heterocycles. The average Bonchev–Trinajstić information content (AvgIpc) is 2.38. The summed E-state index contributed by atoms with van der Waals surface area (Å²) in [6.07, 6.45) is 3.66. The van der Waals surface area contributed by atoms with Crippen molar-refractivity contribution >= 4 is 0 Å². The van der Waals surface area contributed by atoms with Crippen LogP contribution in [0.5, 0.6) is 5.75 Å². The van der Waals surface area contributed by atoms with Crippen molar-refractivity contribution in [3.63, 3.8) is 0 Å². The Bertz CT molecular complexity index is 381. The summed E-state index contributed by atoms with van der Waals surface area (Å²) in [6.45, 7) is 2.27. The summed E-state index contributed by atoms with van der Waals surface area (Å²) >= 11 is 0. The lowest BCUT2D eigenvalue weighted by Crippen LogP contribution is -2.21. The van der Waals surface area contributed by atoms with E-state index in [-0.39, 0.29) is 0 Å². The fourth-order valence-corrected chi connectivity index (χ4v) is 1.71. The topological polar surface area (TPSA) is 55.1 Å². The van der Waals surface area contributed by atoms with E-state index >= 15 is 0 Å². The molecule has 0 unspecified atom stereocenters. The van der Waals surface area contributed by atoms with Crippen LogP contribution in [0, 0.1) is 17.2 Å². The monoisotopic (exact) mass is 218 g/mol. The van der Waals surface area contributed by atoms with Crippen molar-refractivity contribution in [3.8, 4) is 11.8 Å². The summed E-state index contributed by atoms with van der Waals surface area (Å²) < 4.78 is 10.9. The third-order valence-electron chi connectivity index (χ3n) is 2.69. The fourth-order valence-electron chi connectivity index (χ4n) is 1.71. The van der Waals surface area contributed by atoms with Crippen LogP contribution in [0.15, 0.2) is 18.3 Å². The molecule has 0 N–H and O–H groups in total. The van der Waals surface area contributed by atoms with Crippen molar-refractivity contribution in [2.24, 2.45) is 5.92 Å². The van der Waals surface area contributed by atoms with Crippen LogP contribution in [0.4, 0.5) is 0 Å². The van der Waals surface area contributed by atoms with Gasteiger partial charge in [-0.2, -0.15) is 5.26 Å². The maximum Gasteiger partial charge on any atom is 0.182 e. The molecule has 2 heterocycles. The Balaban J connectivity index is 1.91. The normalized spacial score (nSPS) is 16.7. The van der Waals surface area contributed by atoms with E-state index in [0.717, 1.165) is 26.1 Å². The minimum atomic E-state index is 0.356. The molecule has 1 aromatic heterocycles. The van der Waals surface area contributed by atoms with Gasteiger partial charge in [-0.25, -0.2) is 4.98 Å². The molecule has 4 heteroatoms. The highest BCUT2D eigenvalue weighted by Crippen LogP contribution is 2.19. The van der Waals surface area contributed by atoms with Crippen LogP contribution in [0.3, 0.4) is 0 Å². The van der Waals surface area contributed by atoms with E-state index in [4.69, 9.17) is 14.7 Å². The van der Waals surface area contributed by atoms with Crippen molar-refractivity contribution in [2.75, 3.05) is 19.8 Å². The second kappa shape index (κ2) is 5.47. The lowest BCUT2D eigenvalue weighted by atomic mass is 10.0. The summed E-state index contributed by atoms with van der Waals surface area (Å²) in [5, 5.41) is 8.84. The maximum absolute atomic E-state index is 8.84. The Labute approximate surface area is 94.8 Å². The zero-order valence-electron chi connectivity index (χ0n) is 9.06. The fraction of sp³-hybridized carbons (Fsp3) is 0.500. The summed E-state index contributed by atoms with van der Waals surface area (Å²) in [5.74, 6) is 1.11. The molecule has 0 aromatic carbocycles. The van der Waals surface area contributed by atoms with E-state index in [1.54, 1.807) is 18.3 Å². The van der Waals surface area contributed by atoms with Crippen LogP contribution < -0.4 is 4.74 Å². The number of pyridine rings is 1. The number of rotatable bonds is 3. The van der Waals surface area contributed by atoms with Gasteiger partial charge in [0.25, 0.3) is 0 Å². The van der Waals surface area contributed by atoms with Crippen LogP contribution in [-0.4, -0.2) is 24.8 Å². The van der Waals surface area contributed by atoms with Gasteiger partial charge >= 0.3 is 0 Å². The summed E-state index contributed by atoms with van der Waals surface area (Å²) in [5.41, 5.74) is 0.356. The van der Waals surface area contributed by atoms with Gasteiger partial charge in [0.1, 0.15) is 6.07 Å². The summed E-state index contributed by atoms with van der Waals surface area (Å²) in [7, 11) is 0. The third-order valence-corrected chi connectivity index (χ3v) is 2.69. The molecule has 16 heavy (non-hydrogen) atoms. The molecule has 0 saturated carbocycles. The smallest absolute Gasteiger partial charge is 0.182 e. The SMILES string of the molecule is N#Cc1ncccc1OCC1CCOCC1. The van der Waals surface area contributed by atoms with Gasteiger partial charge in [-0.15, -0.1) is 0 Å². The second-order valence-electron chi connectivity index (χ2n) is 3.83. The van der Waals surface area contributed by atoms with Crippen LogP contribution in [0.2, 0.25) is 0 Å². The largest absolute Gasteiger partial charge is 0.490 e. The van der Waals surface area contributed by atoms with Crippen molar-refractivity contribution in [1.29, 1.82) is 5.26 Å². The molecule has 4 nitrogen and oxygen atoms in total. The zero-order valence-corrected chi connectivity index (χ0v) is 9.06. The van der Waals surface area contributed by atoms with E-state index in [1.807, 2.05) is 6.07 Å². The molecule has 2 rings (SSSR count). The second-order valence-corrected chi connectivity index (χ2v) is 3.83. The van der Waals surface area contributed by atoms with Gasteiger partial charge < -0.3 is 9.47 Å². The molecular formula is C12H14N2O2. The van der Waals surface area contributed by atoms with Crippen LogP contribution in [0.1, 0.15) is 18.5 Å². The van der Waals surface area contributed by atoms with Gasteiger partial charge in [-0.1, -0.05) is 0 Å². The zero-order chi connectivity index (χ0) is 11.2. The van der Waals surface area contributed by atoms with Gasteiger partial charge in [-0.05, 0) is 30.9 Å². The first kappa shape index (κ1) is 10.9. The van der Waals surface area contributed by atoms with Gasteiger partial charge in [0.15, 0.2) is 11.4 Å². The van der Waals surface area contributed by atoms with Gasteiger partial charge in [0.2, 0.25) is 0 Å². The Morgan fingerprint density at radius 3 is 3.06 bits per heavy atom. The standard InChI is InChI=1S/C12H14N2O2/c13-8-11-12(2-1-5-14-11)16-9-10-3-6-15-7-4-10/h1-2,5,10H,3-4,6-7,9H2. The highest BCUT2D eigenvalue weighted by molar-refractivity contribution is 5.36. The van der Waals surface area contributed by atoms with E-state index in [2.05, 4.69) is 4.98 Å². The molecule has 1 saturated heterocycles. The molecular weight excluding hydrogens is 204 g/mol. The molecule has 1 aliphatic rings. The molecule has 1 aromatic rings. The van der Waals surface area contributed by atoms with E-state index in [1.165, 1.54) is 0 Å². The van der Waals surface area contributed by atoms with Crippen molar-refractivity contribution in [1.82, 2.24) is 4.98 Å². The molecule has 0 aliphatic carbocycles. The maximum atomic E-state index is 8.84. The molecule has 84 valence electrons. The molecule has 0 radical (unpaired) electrons. The van der Waals surface area contributed by atoms with E-state index in [0.29, 0.717) is 24.0 Å². The minimum Gasteiger partial charge on any atom is -0.490 e. The number of hydrogen-bond donors (Lipinski definition) is 0. The molecule has 1 fully saturated rings. The van der Waals surface area contributed by atoms with Crippen LogP contribution in [0.25, 0.3) is 0 Å².